The average Bonchev–Trinajstić information content (AvgIpc) is 2.70. The van der Waals surface area contributed by atoms with Crippen molar-refractivity contribution in [3.8, 4) is 0 Å². The summed E-state index contributed by atoms with van der Waals surface area (Å²) in [6, 6.07) is 0. The first-order valence-corrected chi connectivity index (χ1v) is 6.90. The summed E-state index contributed by atoms with van der Waals surface area (Å²) in [6.45, 7) is 5.82. The minimum atomic E-state index is -0.145. The molecule has 92 valence electrons. The van der Waals surface area contributed by atoms with Crippen LogP contribution in [0.4, 0.5) is 5.13 Å². The first kappa shape index (κ1) is 11.2. The number of anilines is 1. The maximum absolute atomic E-state index is 12.3. The number of aryl methyl sites for hydroxylation is 2. The van der Waals surface area contributed by atoms with Crippen LogP contribution in [-0.4, -0.2) is 24.0 Å². The van der Waals surface area contributed by atoms with E-state index < -0.39 is 0 Å². The van der Waals surface area contributed by atoms with E-state index in [1.165, 1.54) is 11.3 Å². The summed E-state index contributed by atoms with van der Waals surface area (Å²) < 4.78 is 0. The average molecular weight is 251 g/mol. The summed E-state index contributed by atoms with van der Waals surface area (Å²) >= 11 is 1.56. The molecule has 4 nitrogen and oxygen atoms in total. The molecule has 2 fully saturated rings. The van der Waals surface area contributed by atoms with Gasteiger partial charge < -0.3 is 10.6 Å². The first-order valence-electron chi connectivity index (χ1n) is 6.08. The molecule has 0 spiro atoms. The number of hydrogen-bond acceptors (Lipinski definition) is 4. The molecule has 1 aromatic rings. The molecule has 0 unspecified atom stereocenters. The molecule has 1 aromatic heterocycles. The van der Waals surface area contributed by atoms with Crippen molar-refractivity contribution < 1.29 is 4.79 Å². The standard InChI is InChI=1S/C12H17N3OS/c1-7-8(2)17-11(14-7)15-10(16)12-4-3-9(12)5-13-6-12/h9,13H,3-6H2,1-2H3,(H,14,15,16)/t9-,12-/m0/s1. The number of fused-ring (bicyclic) bond motifs is 1. The molecule has 1 aliphatic heterocycles. The molecule has 1 saturated heterocycles. The summed E-state index contributed by atoms with van der Waals surface area (Å²) in [4.78, 5) is 17.9. The van der Waals surface area contributed by atoms with Gasteiger partial charge in [-0.1, -0.05) is 0 Å². The number of nitrogens with zero attached hydrogens (tertiary/aromatic N) is 1. The molecule has 1 saturated carbocycles. The van der Waals surface area contributed by atoms with Crippen molar-refractivity contribution in [3.63, 3.8) is 0 Å². The first-order chi connectivity index (χ1) is 8.12. The maximum Gasteiger partial charge on any atom is 0.233 e. The zero-order chi connectivity index (χ0) is 12.0. The van der Waals surface area contributed by atoms with Crippen molar-refractivity contribution in [1.82, 2.24) is 10.3 Å². The summed E-state index contributed by atoms with van der Waals surface area (Å²) in [5.74, 6) is 0.692. The molecule has 0 bridgehead atoms. The van der Waals surface area contributed by atoms with Gasteiger partial charge in [-0.2, -0.15) is 0 Å². The lowest BCUT2D eigenvalue weighted by Crippen LogP contribution is -2.49. The third-order valence-electron chi connectivity index (χ3n) is 4.25. The quantitative estimate of drug-likeness (QED) is 0.841. The molecule has 3 rings (SSSR count). The molecule has 0 radical (unpaired) electrons. The summed E-state index contributed by atoms with van der Waals surface area (Å²) in [5, 5.41) is 7.07. The van der Waals surface area contributed by atoms with Crippen LogP contribution in [0.3, 0.4) is 0 Å². The highest BCUT2D eigenvalue weighted by molar-refractivity contribution is 7.15. The van der Waals surface area contributed by atoms with E-state index >= 15 is 0 Å². The van der Waals surface area contributed by atoms with E-state index in [9.17, 15) is 4.79 Å². The Labute approximate surface area is 105 Å². The van der Waals surface area contributed by atoms with Crippen molar-refractivity contribution in [2.45, 2.75) is 26.7 Å². The van der Waals surface area contributed by atoms with Crippen LogP contribution in [-0.2, 0) is 4.79 Å². The number of nitrogens with one attached hydrogen (secondary N) is 2. The van der Waals surface area contributed by atoms with E-state index in [-0.39, 0.29) is 11.3 Å². The minimum absolute atomic E-state index is 0.145. The number of thiazole rings is 1. The summed E-state index contributed by atoms with van der Waals surface area (Å²) in [5.41, 5.74) is 0.866. The number of aromatic nitrogens is 1. The fourth-order valence-corrected chi connectivity index (χ4v) is 3.63. The van der Waals surface area contributed by atoms with Crippen molar-refractivity contribution in [3.05, 3.63) is 10.6 Å². The molecule has 2 aliphatic rings. The van der Waals surface area contributed by atoms with Crippen molar-refractivity contribution in [2.75, 3.05) is 18.4 Å². The Hall–Kier alpha value is -0.940. The van der Waals surface area contributed by atoms with Crippen LogP contribution in [0, 0.1) is 25.2 Å². The van der Waals surface area contributed by atoms with Crippen LogP contribution < -0.4 is 10.6 Å². The van der Waals surface area contributed by atoms with Crippen LogP contribution >= 0.6 is 11.3 Å². The highest BCUT2D eigenvalue weighted by atomic mass is 32.1. The SMILES string of the molecule is Cc1nc(NC(=O)[C@]23CC[C@H]2CNC3)sc1C. The molecule has 17 heavy (non-hydrogen) atoms. The Morgan fingerprint density at radius 2 is 2.41 bits per heavy atom. The highest BCUT2D eigenvalue weighted by Crippen LogP contribution is 2.49. The predicted molar refractivity (Wildman–Crippen MR) is 68.2 cm³/mol. The van der Waals surface area contributed by atoms with Gasteiger partial charge >= 0.3 is 0 Å². The topological polar surface area (TPSA) is 54.0 Å². The molecule has 5 heteroatoms. The molecule has 2 N–H and O–H groups in total. The molecule has 1 aliphatic carbocycles. The van der Waals surface area contributed by atoms with Gasteiger partial charge in [0.15, 0.2) is 5.13 Å². The zero-order valence-corrected chi connectivity index (χ0v) is 11.0. The number of amides is 1. The minimum Gasteiger partial charge on any atom is -0.315 e. The van der Waals surface area contributed by atoms with E-state index in [0.717, 1.165) is 30.3 Å². The van der Waals surface area contributed by atoms with Gasteiger partial charge in [0.2, 0.25) is 5.91 Å². The van der Waals surface area contributed by atoms with Gasteiger partial charge in [0.1, 0.15) is 0 Å². The number of hydrogen-bond donors (Lipinski definition) is 2. The van der Waals surface area contributed by atoms with Crippen LogP contribution in [0.25, 0.3) is 0 Å². The molecule has 2 heterocycles. The van der Waals surface area contributed by atoms with Gasteiger partial charge in [0.05, 0.1) is 11.1 Å². The second-order valence-corrected chi connectivity index (χ2v) is 6.34. The van der Waals surface area contributed by atoms with Gasteiger partial charge in [-0.05, 0) is 39.2 Å². The zero-order valence-electron chi connectivity index (χ0n) is 10.2. The van der Waals surface area contributed by atoms with E-state index in [0.29, 0.717) is 5.92 Å². The molecule has 0 aromatic carbocycles. The van der Waals surface area contributed by atoms with Crippen LogP contribution in [0.1, 0.15) is 23.4 Å². The Morgan fingerprint density at radius 1 is 1.59 bits per heavy atom. The van der Waals surface area contributed by atoms with Crippen LogP contribution in [0.2, 0.25) is 0 Å². The Kier molecular flexibility index (Phi) is 2.48. The largest absolute Gasteiger partial charge is 0.315 e. The fraction of sp³-hybridized carbons (Fsp3) is 0.667. The van der Waals surface area contributed by atoms with Gasteiger partial charge in [0, 0.05) is 11.4 Å². The molecule has 2 atom stereocenters. The molecule has 1 amide bonds. The van der Waals surface area contributed by atoms with E-state index in [2.05, 4.69) is 15.6 Å². The lowest BCUT2D eigenvalue weighted by Gasteiger charge is -2.42. The predicted octanol–water partition coefficient (Wildman–Crippen LogP) is 1.70. The van der Waals surface area contributed by atoms with Crippen molar-refractivity contribution in [2.24, 2.45) is 11.3 Å². The number of carbonyl (C=O) groups excluding carboxylic acids is 1. The van der Waals surface area contributed by atoms with Crippen molar-refractivity contribution >= 4 is 22.4 Å². The lowest BCUT2D eigenvalue weighted by atomic mass is 9.61. The third-order valence-corrected chi connectivity index (χ3v) is 5.24. The highest BCUT2D eigenvalue weighted by Gasteiger charge is 2.55. The van der Waals surface area contributed by atoms with Gasteiger partial charge in [-0.15, -0.1) is 11.3 Å². The Bertz CT molecular complexity index is 451. The van der Waals surface area contributed by atoms with Gasteiger partial charge in [-0.3, -0.25) is 4.79 Å². The second-order valence-electron chi connectivity index (χ2n) is 5.14. The van der Waals surface area contributed by atoms with Crippen molar-refractivity contribution in [1.29, 1.82) is 0 Å². The molecular weight excluding hydrogens is 234 g/mol. The number of rotatable bonds is 2. The maximum atomic E-state index is 12.3. The Balaban J connectivity index is 1.75. The van der Waals surface area contributed by atoms with Crippen LogP contribution in [0.5, 0.6) is 0 Å². The van der Waals surface area contributed by atoms with Crippen LogP contribution in [0.15, 0.2) is 0 Å². The third kappa shape index (κ3) is 1.60. The second kappa shape index (κ2) is 3.78. The monoisotopic (exact) mass is 251 g/mol. The lowest BCUT2D eigenvalue weighted by molar-refractivity contribution is -0.132. The van der Waals surface area contributed by atoms with E-state index in [1.54, 1.807) is 11.3 Å². The van der Waals surface area contributed by atoms with Gasteiger partial charge in [-0.25, -0.2) is 4.98 Å². The molecular formula is C12H17N3OS. The van der Waals surface area contributed by atoms with E-state index in [4.69, 9.17) is 0 Å². The number of carbonyl (C=O) groups is 1. The summed E-state index contributed by atoms with van der Waals surface area (Å²) in [6.07, 6.45) is 2.19. The fourth-order valence-electron chi connectivity index (χ4n) is 2.82. The van der Waals surface area contributed by atoms with E-state index in [1.807, 2.05) is 13.8 Å². The normalized spacial score (nSPS) is 30.8. The summed E-state index contributed by atoms with van der Waals surface area (Å²) in [7, 11) is 0. The van der Waals surface area contributed by atoms with Gasteiger partial charge in [0.25, 0.3) is 0 Å². The smallest absolute Gasteiger partial charge is 0.233 e. The Morgan fingerprint density at radius 3 is 2.94 bits per heavy atom.